The van der Waals surface area contributed by atoms with E-state index in [0.29, 0.717) is 23.3 Å². The summed E-state index contributed by atoms with van der Waals surface area (Å²) in [5.41, 5.74) is 2.52. The van der Waals surface area contributed by atoms with E-state index in [9.17, 15) is 9.59 Å². The molecule has 1 saturated carbocycles. The number of allylic oxidation sites excluding steroid dienone is 4. The lowest BCUT2D eigenvalue weighted by Crippen LogP contribution is -2.37. The van der Waals surface area contributed by atoms with Crippen LogP contribution in [0.15, 0.2) is 60.2 Å². The van der Waals surface area contributed by atoms with Crippen LogP contribution in [0.25, 0.3) is 12.3 Å². The molecule has 1 aliphatic heterocycles. The van der Waals surface area contributed by atoms with Crippen molar-refractivity contribution >= 4 is 24.0 Å². The molecule has 1 heterocycles. The fraction of sp³-hybridized carbons (Fsp3) is 0.526. The topological polar surface area (TPSA) is 78.9 Å². The summed E-state index contributed by atoms with van der Waals surface area (Å²) in [6.45, 7) is 5.49. The van der Waals surface area contributed by atoms with Gasteiger partial charge in [0.05, 0.1) is 18.8 Å². The molecular formula is C38H50N2O4. The van der Waals surface area contributed by atoms with Gasteiger partial charge in [-0.2, -0.15) is 0 Å². The second-order valence-corrected chi connectivity index (χ2v) is 13.0. The van der Waals surface area contributed by atoms with Crippen LogP contribution >= 0.6 is 0 Å². The zero-order valence-corrected chi connectivity index (χ0v) is 26.5. The molecule has 6 heteroatoms. The van der Waals surface area contributed by atoms with Gasteiger partial charge in [-0.25, -0.2) is 0 Å². The highest BCUT2D eigenvalue weighted by Crippen LogP contribution is 2.30. The van der Waals surface area contributed by atoms with E-state index in [1.807, 2.05) is 25.1 Å². The van der Waals surface area contributed by atoms with Gasteiger partial charge >= 0.3 is 0 Å². The van der Waals surface area contributed by atoms with E-state index in [1.54, 1.807) is 0 Å². The van der Waals surface area contributed by atoms with Crippen molar-refractivity contribution in [2.75, 3.05) is 19.7 Å². The van der Waals surface area contributed by atoms with Crippen molar-refractivity contribution in [3.63, 3.8) is 0 Å². The molecule has 6 nitrogen and oxygen atoms in total. The Labute approximate surface area is 262 Å². The molecule has 1 fully saturated rings. The Morgan fingerprint density at radius 1 is 0.977 bits per heavy atom. The first-order valence-electron chi connectivity index (χ1n) is 16.8. The van der Waals surface area contributed by atoms with Gasteiger partial charge in [-0.1, -0.05) is 73.9 Å². The summed E-state index contributed by atoms with van der Waals surface area (Å²) in [5.74, 6) is 0.862. The summed E-state index contributed by atoms with van der Waals surface area (Å²) in [4.78, 5) is 28.8. The zero-order valence-electron chi connectivity index (χ0n) is 26.5. The molecule has 4 aliphatic rings. The van der Waals surface area contributed by atoms with Gasteiger partial charge in [-0.15, -0.1) is 0 Å². The second-order valence-electron chi connectivity index (χ2n) is 13.0. The number of amides is 1. The number of ether oxygens (including phenoxy) is 1. The standard InChI is InChI=1S/C38H50N2O4/c1-27-15-16-30-19-22-35(38(43)39-23-24-41)28(2)36(30)26-40(27)25-29-9-6-7-11-31(12-8-10-29)37(42)32-17-20-34(21-18-32)44-33-13-4-3-5-14-33/h3-5,13,16-20,22,26-27,29,31,33-34,41H,6-12,14-15,21,23-25H2,1-2H3,(H,39,43). The Kier molecular flexibility index (Phi) is 11.5. The molecule has 0 radical (unpaired) electrons. The van der Waals surface area contributed by atoms with Gasteiger partial charge in [0.1, 0.15) is 0 Å². The molecule has 0 aromatic heterocycles. The maximum absolute atomic E-state index is 13.6. The number of nitrogens with one attached hydrogen (secondary N) is 1. The molecule has 44 heavy (non-hydrogen) atoms. The van der Waals surface area contributed by atoms with Gasteiger partial charge < -0.3 is 20.1 Å². The number of carbonyl (C=O) groups is 2. The highest BCUT2D eigenvalue weighted by atomic mass is 16.5. The van der Waals surface area contributed by atoms with E-state index in [4.69, 9.17) is 9.84 Å². The van der Waals surface area contributed by atoms with Crippen LogP contribution in [0.1, 0.15) is 87.1 Å². The fourth-order valence-corrected chi connectivity index (χ4v) is 7.08. The summed E-state index contributed by atoms with van der Waals surface area (Å²) in [7, 11) is 0. The maximum atomic E-state index is 13.6. The highest BCUT2D eigenvalue weighted by molar-refractivity contribution is 5.99. The number of ketones is 1. The van der Waals surface area contributed by atoms with E-state index in [0.717, 1.165) is 80.7 Å². The van der Waals surface area contributed by atoms with Gasteiger partial charge in [0.25, 0.3) is 5.91 Å². The predicted molar refractivity (Wildman–Crippen MR) is 177 cm³/mol. The van der Waals surface area contributed by atoms with Crippen LogP contribution in [0.2, 0.25) is 0 Å². The van der Waals surface area contributed by atoms with Crippen LogP contribution in [0, 0.1) is 18.8 Å². The van der Waals surface area contributed by atoms with E-state index >= 15 is 0 Å². The Balaban J connectivity index is 1.19. The first-order valence-corrected chi connectivity index (χ1v) is 16.8. The molecule has 5 rings (SSSR count). The quantitative estimate of drug-likeness (QED) is 0.417. The van der Waals surface area contributed by atoms with Gasteiger partial charge in [-0.3, -0.25) is 9.59 Å². The molecule has 5 atom stereocenters. The number of benzene rings is 1. The Hall–Kier alpha value is -3.22. The number of hydrogen-bond donors (Lipinski definition) is 2. The molecule has 0 saturated heterocycles. The van der Waals surface area contributed by atoms with Crippen molar-refractivity contribution in [3.8, 4) is 0 Å². The average molecular weight is 599 g/mol. The van der Waals surface area contributed by atoms with E-state index < -0.39 is 0 Å². The average Bonchev–Trinajstić information content (AvgIpc) is 3.11. The van der Waals surface area contributed by atoms with Crippen LogP contribution in [-0.2, 0) is 9.53 Å². The fourth-order valence-electron chi connectivity index (χ4n) is 7.08. The first kappa shape index (κ1) is 32.2. The van der Waals surface area contributed by atoms with E-state index in [1.165, 1.54) is 11.6 Å². The SMILES string of the molecule is Cc1c(C(=O)NCCO)ccc2c1=CN(CC1CCCCC(C(=O)C3=CCC(OC4C=CC=CC4)C=C3)CCC1)C(C)CC=2. The molecule has 2 N–H and O–H groups in total. The Bertz CT molecular complexity index is 1420. The minimum absolute atomic E-state index is 0.0375. The Morgan fingerprint density at radius 2 is 1.77 bits per heavy atom. The summed E-state index contributed by atoms with van der Waals surface area (Å²) in [5, 5.41) is 14.2. The predicted octanol–water partition coefficient (Wildman–Crippen LogP) is 5.03. The number of hydrogen-bond acceptors (Lipinski definition) is 5. The highest BCUT2D eigenvalue weighted by Gasteiger charge is 2.26. The van der Waals surface area contributed by atoms with Crippen LogP contribution in [0.4, 0.5) is 0 Å². The number of carbonyl (C=O) groups excluding carboxylic acids is 2. The smallest absolute Gasteiger partial charge is 0.251 e. The van der Waals surface area contributed by atoms with Crippen LogP contribution in [0.5, 0.6) is 0 Å². The molecule has 236 valence electrons. The number of nitrogens with zero attached hydrogens (tertiary/aromatic N) is 1. The lowest BCUT2D eigenvalue weighted by Gasteiger charge is -2.31. The van der Waals surface area contributed by atoms with Gasteiger partial charge in [-0.05, 0) is 81.6 Å². The minimum atomic E-state index is -0.140. The van der Waals surface area contributed by atoms with Crippen LogP contribution in [0.3, 0.4) is 0 Å². The van der Waals surface area contributed by atoms with E-state index in [-0.39, 0.29) is 37.2 Å². The minimum Gasteiger partial charge on any atom is -0.395 e. The summed E-state index contributed by atoms with van der Waals surface area (Å²) >= 11 is 0. The van der Waals surface area contributed by atoms with Crippen LogP contribution < -0.4 is 15.8 Å². The van der Waals surface area contributed by atoms with Crippen molar-refractivity contribution in [3.05, 3.63) is 81.8 Å². The van der Waals surface area contributed by atoms with Crippen LogP contribution in [-0.4, -0.2) is 59.6 Å². The summed E-state index contributed by atoms with van der Waals surface area (Å²) in [6.07, 6.45) is 29.5. The largest absolute Gasteiger partial charge is 0.395 e. The zero-order chi connectivity index (χ0) is 30.9. The molecular weight excluding hydrogens is 548 g/mol. The second kappa shape index (κ2) is 15.7. The first-order chi connectivity index (χ1) is 21.4. The Morgan fingerprint density at radius 3 is 2.55 bits per heavy atom. The normalized spacial score (nSPS) is 27.0. The maximum Gasteiger partial charge on any atom is 0.251 e. The summed E-state index contributed by atoms with van der Waals surface area (Å²) < 4.78 is 6.19. The van der Waals surface area contributed by atoms with Gasteiger partial charge in [0.2, 0.25) is 0 Å². The number of rotatable bonds is 9. The molecule has 3 aliphatic carbocycles. The molecule has 5 unspecified atom stereocenters. The molecule has 1 aromatic rings. The van der Waals surface area contributed by atoms with Crippen molar-refractivity contribution in [2.24, 2.45) is 11.8 Å². The van der Waals surface area contributed by atoms with Crippen molar-refractivity contribution in [2.45, 2.75) is 96.3 Å². The molecule has 0 bridgehead atoms. The number of Topliss-reactive ketones (excluding diaryl/α,β-unsaturated/α-hetero) is 1. The van der Waals surface area contributed by atoms with Crippen molar-refractivity contribution in [1.29, 1.82) is 0 Å². The third-order valence-electron chi connectivity index (χ3n) is 9.79. The number of aliphatic hydroxyl groups is 1. The summed E-state index contributed by atoms with van der Waals surface area (Å²) in [6, 6.07) is 4.33. The van der Waals surface area contributed by atoms with Gasteiger partial charge in [0.15, 0.2) is 5.78 Å². The third-order valence-corrected chi connectivity index (χ3v) is 9.79. The lowest BCUT2D eigenvalue weighted by molar-refractivity contribution is -0.119. The molecule has 1 amide bonds. The molecule has 1 aromatic carbocycles. The lowest BCUT2D eigenvalue weighted by atomic mass is 9.86. The van der Waals surface area contributed by atoms with Gasteiger partial charge in [0, 0.05) is 47.6 Å². The van der Waals surface area contributed by atoms with E-state index in [2.05, 4.69) is 65.9 Å². The van der Waals surface area contributed by atoms with Crippen molar-refractivity contribution < 1.29 is 19.4 Å². The molecule has 0 spiro atoms. The number of aliphatic hydroxyl groups excluding tert-OH is 1. The monoisotopic (exact) mass is 598 g/mol. The number of fused-ring (bicyclic) bond motifs is 1. The van der Waals surface area contributed by atoms with Crippen molar-refractivity contribution in [1.82, 2.24) is 10.2 Å². The third kappa shape index (κ3) is 8.28.